The fraction of sp³-hybridized carbons (Fsp3) is 0.344. The van der Waals surface area contributed by atoms with Gasteiger partial charge in [0.25, 0.3) is 10.0 Å². The topological polar surface area (TPSA) is 105 Å². The molecule has 0 saturated carbocycles. The van der Waals surface area contributed by atoms with Crippen LogP contribution >= 0.6 is 11.3 Å². The number of anilines is 2. The molecule has 10 nitrogen and oxygen atoms in total. The van der Waals surface area contributed by atoms with Crippen LogP contribution in [0.25, 0.3) is 21.7 Å². The number of carbonyl (C=O) groups is 1. The van der Waals surface area contributed by atoms with E-state index in [1.807, 2.05) is 11.0 Å². The molecule has 0 radical (unpaired) electrons. The smallest absolute Gasteiger partial charge is 0.269 e. The van der Waals surface area contributed by atoms with Crippen molar-refractivity contribution in [1.29, 1.82) is 0 Å². The molecule has 2 aliphatic rings. The van der Waals surface area contributed by atoms with Gasteiger partial charge >= 0.3 is 0 Å². The predicted octanol–water partition coefficient (Wildman–Crippen LogP) is 5.61. The molecular weight excluding hydrogens is 656 g/mol. The number of rotatable bonds is 9. The number of hydrogen-bond donors (Lipinski definition) is 0. The van der Waals surface area contributed by atoms with Crippen molar-refractivity contribution < 1.29 is 35.9 Å². The molecule has 0 atom stereocenters. The Balaban J connectivity index is 1.46. The standard InChI is InChI=1S/C32H32F3N5O5S2/c1-20(41)38-12-13-39(18-38)28-16-22(8-11-36-28)31-30(37-32(46-31)21-9-14-45-15-10-21)24-4-3-5-26(29(24)35)40(19-44-2)47(42,43)27-17-23(33)6-7-25(27)34/h3-8,11,16-17,21H,9-10,12-15,18-19H2,1-2H3. The molecule has 2 saturated heterocycles. The van der Waals surface area contributed by atoms with Crippen molar-refractivity contribution in [3.63, 3.8) is 0 Å². The Morgan fingerprint density at radius 2 is 1.89 bits per heavy atom. The first kappa shape index (κ1) is 32.9. The average molecular weight is 688 g/mol. The van der Waals surface area contributed by atoms with Crippen LogP contribution in [-0.2, 0) is 24.3 Å². The molecule has 2 aromatic carbocycles. The fourth-order valence-corrected chi connectivity index (χ4v) is 8.38. The highest BCUT2D eigenvalue weighted by atomic mass is 32.2. The lowest BCUT2D eigenvalue weighted by Gasteiger charge is -2.25. The molecule has 0 spiro atoms. The van der Waals surface area contributed by atoms with E-state index in [9.17, 15) is 22.0 Å². The number of ether oxygens (including phenoxy) is 2. The van der Waals surface area contributed by atoms with E-state index in [0.717, 1.165) is 29.5 Å². The van der Waals surface area contributed by atoms with E-state index < -0.39 is 44.8 Å². The van der Waals surface area contributed by atoms with Crippen molar-refractivity contribution in [1.82, 2.24) is 14.9 Å². The summed E-state index contributed by atoms with van der Waals surface area (Å²) in [5.74, 6) is -2.40. The normalized spacial score (nSPS) is 15.8. The van der Waals surface area contributed by atoms with Gasteiger partial charge < -0.3 is 19.3 Å². The summed E-state index contributed by atoms with van der Waals surface area (Å²) >= 11 is 1.42. The Bertz CT molecular complexity index is 1900. The number of methoxy groups -OCH3 is 1. The molecule has 47 heavy (non-hydrogen) atoms. The number of pyridine rings is 1. The largest absolute Gasteiger partial charge is 0.381 e. The molecule has 2 aliphatic heterocycles. The van der Waals surface area contributed by atoms with Crippen LogP contribution in [0.3, 0.4) is 0 Å². The number of benzene rings is 2. The molecule has 4 heterocycles. The SMILES string of the molecule is COCN(c1cccc(-c2nc(C3CCOCC3)sc2-c2ccnc(N3CCN(C(C)=O)C3)c2)c1F)S(=O)(=O)c1cc(F)ccc1F. The second-order valence-electron chi connectivity index (χ2n) is 11.2. The Kier molecular flexibility index (Phi) is 9.50. The lowest BCUT2D eigenvalue weighted by atomic mass is 10.0. The van der Waals surface area contributed by atoms with E-state index in [4.69, 9.17) is 14.5 Å². The van der Waals surface area contributed by atoms with Gasteiger partial charge in [0, 0.05) is 58.0 Å². The third kappa shape index (κ3) is 6.57. The molecule has 0 aliphatic carbocycles. The summed E-state index contributed by atoms with van der Waals surface area (Å²) in [7, 11) is -3.60. The third-order valence-electron chi connectivity index (χ3n) is 8.18. The van der Waals surface area contributed by atoms with Gasteiger partial charge in [0.2, 0.25) is 5.91 Å². The second-order valence-corrected chi connectivity index (χ2v) is 14.1. The minimum Gasteiger partial charge on any atom is -0.381 e. The van der Waals surface area contributed by atoms with Crippen molar-refractivity contribution >= 4 is 38.8 Å². The average Bonchev–Trinajstić information content (AvgIpc) is 3.75. The van der Waals surface area contributed by atoms with E-state index in [1.54, 1.807) is 17.2 Å². The van der Waals surface area contributed by atoms with Gasteiger partial charge in [-0.05, 0) is 60.9 Å². The number of aromatic nitrogens is 2. The van der Waals surface area contributed by atoms with Crippen LogP contribution in [0.5, 0.6) is 0 Å². The molecule has 248 valence electrons. The highest BCUT2D eigenvalue weighted by Gasteiger charge is 2.33. The van der Waals surface area contributed by atoms with Crippen molar-refractivity contribution in [2.45, 2.75) is 30.6 Å². The Labute approximate surface area is 274 Å². The predicted molar refractivity (Wildman–Crippen MR) is 171 cm³/mol. The summed E-state index contributed by atoms with van der Waals surface area (Å²) in [5, 5.41) is 0.786. The summed E-state index contributed by atoms with van der Waals surface area (Å²) in [4.78, 5) is 24.8. The highest BCUT2D eigenvalue weighted by Crippen LogP contribution is 2.44. The van der Waals surface area contributed by atoms with Crippen LogP contribution in [0.1, 0.15) is 30.7 Å². The number of sulfonamides is 1. The van der Waals surface area contributed by atoms with E-state index in [-0.39, 0.29) is 17.4 Å². The van der Waals surface area contributed by atoms with Gasteiger partial charge in [-0.1, -0.05) is 6.07 Å². The molecule has 4 aromatic rings. The zero-order valence-corrected chi connectivity index (χ0v) is 27.3. The van der Waals surface area contributed by atoms with Crippen molar-refractivity contribution in [3.8, 4) is 21.7 Å². The van der Waals surface area contributed by atoms with Gasteiger partial charge in [0.1, 0.15) is 29.1 Å². The van der Waals surface area contributed by atoms with Crippen molar-refractivity contribution in [2.75, 3.05) is 56.0 Å². The third-order valence-corrected chi connectivity index (χ3v) is 11.2. The minimum absolute atomic E-state index is 0.0189. The zero-order chi connectivity index (χ0) is 33.3. The van der Waals surface area contributed by atoms with E-state index in [2.05, 4.69) is 4.98 Å². The number of carbonyl (C=O) groups excluding carboxylic acids is 1. The number of hydrogen-bond acceptors (Lipinski definition) is 9. The fourth-order valence-electron chi connectivity index (χ4n) is 5.67. The summed E-state index contributed by atoms with van der Waals surface area (Å²) < 4.78 is 83.9. The van der Waals surface area contributed by atoms with Crippen molar-refractivity contribution in [3.05, 3.63) is 77.2 Å². The van der Waals surface area contributed by atoms with Gasteiger partial charge in [0.15, 0.2) is 5.82 Å². The zero-order valence-electron chi connectivity index (χ0n) is 25.7. The van der Waals surface area contributed by atoms with Crippen LogP contribution in [0.2, 0.25) is 0 Å². The van der Waals surface area contributed by atoms with E-state index >= 15 is 4.39 Å². The quantitative estimate of drug-likeness (QED) is 0.209. The van der Waals surface area contributed by atoms with E-state index in [1.165, 1.54) is 43.6 Å². The molecule has 1 amide bonds. The first-order valence-electron chi connectivity index (χ1n) is 14.9. The summed E-state index contributed by atoms with van der Waals surface area (Å²) in [6.45, 7) is 3.55. The van der Waals surface area contributed by atoms with Crippen LogP contribution < -0.4 is 9.21 Å². The van der Waals surface area contributed by atoms with Crippen LogP contribution in [-0.4, -0.2) is 76.0 Å². The van der Waals surface area contributed by atoms with Gasteiger partial charge in [-0.15, -0.1) is 11.3 Å². The summed E-state index contributed by atoms with van der Waals surface area (Å²) in [6, 6.07) is 9.91. The van der Waals surface area contributed by atoms with E-state index in [0.29, 0.717) is 65.8 Å². The minimum atomic E-state index is -4.81. The number of nitrogens with zero attached hydrogens (tertiary/aromatic N) is 5. The first-order chi connectivity index (χ1) is 22.6. The number of thiazole rings is 1. The summed E-state index contributed by atoms with van der Waals surface area (Å²) in [6.07, 6.45) is 3.13. The second kappa shape index (κ2) is 13.6. The lowest BCUT2D eigenvalue weighted by molar-refractivity contribution is -0.127. The monoisotopic (exact) mass is 687 g/mol. The molecule has 6 rings (SSSR count). The number of amides is 1. The molecule has 0 unspecified atom stereocenters. The Hall–Kier alpha value is -4.05. The maximum Gasteiger partial charge on any atom is 0.269 e. The summed E-state index contributed by atoms with van der Waals surface area (Å²) in [5.41, 5.74) is 0.614. The Morgan fingerprint density at radius 1 is 1.11 bits per heavy atom. The Morgan fingerprint density at radius 3 is 2.62 bits per heavy atom. The molecule has 15 heteroatoms. The maximum atomic E-state index is 16.7. The van der Waals surface area contributed by atoms with Gasteiger partial charge in [0.05, 0.1) is 27.9 Å². The number of halogens is 3. The lowest BCUT2D eigenvalue weighted by Crippen LogP contribution is -2.34. The highest BCUT2D eigenvalue weighted by molar-refractivity contribution is 7.92. The maximum absolute atomic E-state index is 16.7. The van der Waals surface area contributed by atoms with Gasteiger partial charge in [-0.3, -0.25) is 4.79 Å². The molecule has 0 bridgehead atoms. The van der Waals surface area contributed by atoms with Crippen molar-refractivity contribution in [2.24, 2.45) is 0 Å². The molecule has 2 fully saturated rings. The van der Waals surface area contributed by atoms with Crippen LogP contribution in [0, 0.1) is 17.5 Å². The molecular formula is C32H32F3N5O5S2. The first-order valence-corrected chi connectivity index (χ1v) is 17.1. The van der Waals surface area contributed by atoms with Crippen LogP contribution in [0.15, 0.2) is 59.6 Å². The van der Waals surface area contributed by atoms with Gasteiger partial charge in [-0.2, -0.15) is 0 Å². The van der Waals surface area contributed by atoms with Gasteiger partial charge in [-0.25, -0.2) is 35.9 Å². The van der Waals surface area contributed by atoms with Crippen LogP contribution in [0.4, 0.5) is 24.7 Å². The molecule has 0 N–H and O–H groups in total. The molecule has 2 aromatic heterocycles.